The second-order valence-corrected chi connectivity index (χ2v) is 5.37. The maximum absolute atomic E-state index is 13.7. The highest BCUT2D eigenvalue weighted by molar-refractivity contribution is 6.30. The SMILES string of the molecule is O=C(COc1ccc(Cl)cc1)Nc1ccnc2c(F)cc(F)cc12. The largest absolute Gasteiger partial charge is 0.484 e. The van der Waals surface area contributed by atoms with Crippen molar-refractivity contribution in [3.8, 4) is 5.75 Å². The summed E-state index contributed by atoms with van der Waals surface area (Å²) in [4.78, 5) is 15.9. The van der Waals surface area contributed by atoms with Gasteiger partial charge in [0.25, 0.3) is 5.91 Å². The average Bonchev–Trinajstić information content (AvgIpc) is 2.55. The van der Waals surface area contributed by atoms with Crippen LogP contribution in [0.15, 0.2) is 48.7 Å². The summed E-state index contributed by atoms with van der Waals surface area (Å²) in [7, 11) is 0. The van der Waals surface area contributed by atoms with E-state index in [0.717, 1.165) is 12.1 Å². The summed E-state index contributed by atoms with van der Waals surface area (Å²) in [5.74, 6) is -1.53. The van der Waals surface area contributed by atoms with E-state index in [4.69, 9.17) is 16.3 Å². The highest BCUT2D eigenvalue weighted by atomic mass is 35.5. The number of benzene rings is 2. The van der Waals surface area contributed by atoms with Crippen molar-refractivity contribution in [2.24, 2.45) is 0 Å². The van der Waals surface area contributed by atoms with E-state index >= 15 is 0 Å². The molecule has 0 aliphatic heterocycles. The Morgan fingerprint density at radius 2 is 1.92 bits per heavy atom. The van der Waals surface area contributed by atoms with Gasteiger partial charge in [0.05, 0.1) is 5.69 Å². The Hall–Kier alpha value is -2.73. The second-order valence-electron chi connectivity index (χ2n) is 4.93. The van der Waals surface area contributed by atoms with E-state index in [0.29, 0.717) is 10.8 Å². The molecule has 0 saturated heterocycles. The third-order valence-electron chi connectivity index (χ3n) is 3.22. The Bertz CT molecular complexity index is 901. The van der Waals surface area contributed by atoms with Crippen LogP contribution in [0.3, 0.4) is 0 Å². The summed E-state index contributed by atoms with van der Waals surface area (Å²) in [6.07, 6.45) is 1.33. The van der Waals surface area contributed by atoms with Crippen LogP contribution in [-0.2, 0) is 4.79 Å². The predicted octanol–water partition coefficient (Wildman–Crippen LogP) is 4.18. The number of carbonyl (C=O) groups excluding carboxylic acids is 1. The summed E-state index contributed by atoms with van der Waals surface area (Å²) in [6, 6.07) is 9.84. The van der Waals surface area contributed by atoms with Crippen LogP contribution < -0.4 is 10.1 Å². The molecule has 1 N–H and O–H groups in total. The molecule has 2 aromatic carbocycles. The van der Waals surface area contributed by atoms with Gasteiger partial charge in [-0.3, -0.25) is 9.78 Å². The van der Waals surface area contributed by atoms with Gasteiger partial charge >= 0.3 is 0 Å². The second kappa shape index (κ2) is 6.80. The van der Waals surface area contributed by atoms with Crippen molar-refractivity contribution >= 4 is 34.1 Å². The van der Waals surface area contributed by atoms with Crippen LogP contribution in [0.1, 0.15) is 0 Å². The molecule has 1 heterocycles. The number of pyridine rings is 1. The van der Waals surface area contributed by atoms with Gasteiger partial charge in [-0.05, 0) is 36.4 Å². The molecule has 3 rings (SSSR count). The Balaban J connectivity index is 1.74. The minimum atomic E-state index is -0.793. The van der Waals surface area contributed by atoms with Gasteiger partial charge in [-0.15, -0.1) is 0 Å². The van der Waals surface area contributed by atoms with Crippen molar-refractivity contribution in [1.29, 1.82) is 0 Å². The molecule has 1 amide bonds. The lowest BCUT2D eigenvalue weighted by atomic mass is 10.1. The maximum atomic E-state index is 13.7. The van der Waals surface area contributed by atoms with Crippen molar-refractivity contribution in [3.05, 3.63) is 65.3 Å². The van der Waals surface area contributed by atoms with Crippen LogP contribution in [0.25, 0.3) is 10.9 Å². The fraction of sp³-hybridized carbons (Fsp3) is 0.0588. The molecule has 0 bridgehead atoms. The highest BCUT2D eigenvalue weighted by Gasteiger charge is 2.11. The minimum Gasteiger partial charge on any atom is -0.484 e. The van der Waals surface area contributed by atoms with Crippen molar-refractivity contribution < 1.29 is 18.3 Å². The van der Waals surface area contributed by atoms with Crippen molar-refractivity contribution in [1.82, 2.24) is 4.98 Å². The molecular weight excluding hydrogens is 338 g/mol. The Morgan fingerprint density at radius 1 is 1.17 bits per heavy atom. The summed E-state index contributed by atoms with van der Waals surface area (Å²) in [5.41, 5.74) is 0.232. The smallest absolute Gasteiger partial charge is 0.262 e. The molecule has 1 aromatic heterocycles. The average molecular weight is 349 g/mol. The zero-order valence-corrected chi connectivity index (χ0v) is 13.0. The maximum Gasteiger partial charge on any atom is 0.262 e. The number of carbonyl (C=O) groups is 1. The first-order valence-corrected chi connectivity index (χ1v) is 7.33. The first kappa shape index (κ1) is 16.1. The number of nitrogens with one attached hydrogen (secondary N) is 1. The topological polar surface area (TPSA) is 51.2 Å². The van der Waals surface area contributed by atoms with Gasteiger partial charge in [0, 0.05) is 22.7 Å². The number of amides is 1. The normalized spacial score (nSPS) is 10.6. The van der Waals surface area contributed by atoms with Crippen LogP contribution >= 0.6 is 11.6 Å². The van der Waals surface area contributed by atoms with Crippen molar-refractivity contribution in [3.63, 3.8) is 0 Å². The zero-order chi connectivity index (χ0) is 17.1. The van der Waals surface area contributed by atoms with Gasteiger partial charge in [-0.1, -0.05) is 11.6 Å². The summed E-state index contributed by atoms with van der Waals surface area (Å²) >= 11 is 5.76. The number of hydrogen-bond donors (Lipinski definition) is 1. The molecule has 0 radical (unpaired) electrons. The summed E-state index contributed by atoms with van der Waals surface area (Å²) in [5, 5.41) is 3.29. The zero-order valence-electron chi connectivity index (χ0n) is 12.2. The molecule has 0 saturated carbocycles. The Kier molecular flexibility index (Phi) is 4.57. The number of hydrogen-bond acceptors (Lipinski definition) is 3. The van der Waals surface area contributed by atoms with Gasteiger partial charge in [-0.2, -0.15) is 0 Å². The molecule has 0 aliphatic rings. The van der Waals surface area contributed by atoms with Crippen LogP contribution in [0, 0.1) is 11.6 Å². The summed E-state index contributed by atoms with van der Waals surface area (Å²) in [6.45, 7) is -0.261. The van der Waals surface area contributed by atoms with Gasteiger partial charge < -0.3 is 10.1 Å². The number of fused-ring (bicyclic) bond motifs is 1. The molecule has 24 heavy (non-hydrogen) atoms. The molecule has 4 nitrogen and oxygen atoms in total. The van der Waals surface area contributed by atoms with Crippen molar-refractivity contribution in [2.45, 2.75) is 0 Å². The van der Waals surface area contributed by atoms with E-state index in [1.54, 1.807) is 24.3 Å². The summed E-state index contributed by atoms with van der Waals surface area (Å²) < 4.78 is 32.4. The van der Waals surface area contributed by atoms with E-state index in [2.05, 4.69) is 10.3 Å². The predicted molar refractivity (Wildman–Crippen MR) is 87.2 cm³/mol. The van der Waals surface area contributed by atoms with E-state index in [1.165, 1.54) is 12.3 Å². The molecule has 0 atom stereocenters. The Labute approximate surface area is 141 Å². The first-order valence-electron chi connectivity index (χ1n) is 6.95. The van der Waals surface area contributed by atoms with Gasteiger partial charge in [-0.25, -0.2) is 8.78 Å². The number of rotatable bonds is 4. The molecule has 3 aromatic rings. The van der Waals surface area contributed by atoms with Crippen LogP contribution in [0.2, 0.25) is 5.02 Å². The fourth-order valence-corrected chi connectivity index (χ4v) is 2.28. The third kappa shape index (κ3) is 3.60. The lowest BCUT2D eigenvalue weighted by Gasteiger charge is -2.10. The molecule has 0 fully saturated rings. The molecule has 0 unspecified atom stereocenters. The third-order valence-corrected chi connectivity index (χ3v) is 3.47. The number of aromatic nitrogens is 1. The number of nitrogens with zero attached hydrogens (tertiary/aromatic N) is 1. The monoisotopic (exact) mass is 348 g/mol. The fourth-order valence-electron chi connectivity index (χ4n) is 2.15. The van der Waals surface area contributed by atoms with Crippen LogP contribution in [0.4, 0.5) is 14.5 Å². The molecule has 0 aliphatic carbocycles. The number of ether oxygens (including phenoxy) is 1. The van der Waals surface area contributed by atoms with Gasteiger partial charge in [0.1, 0.15) is 17.1 Å². The van der Waals surface area contributed by atoms with Crippen molar-refractivity contribution in [2.75, 3.05) is 11.9 Å². The van der Waals surface area contributed by atoms with Gasteiger partial charge in [0.2, 0.25) is 0 Å². The van der Waals surface area contributed by atoms with E-state index in [9.17, 15) is 13.6 Å². The highest BCUT2D eigenvalue weighted by Crippen LogP contribution is 2.25. The molecule has 0 spiro atoms. The molecule has 7 heteroatoms. The molecular formula is C17H11ClF2N2O2. The number of anilines is 1. The lowest BCUT2D eigenvalue weighted by Crippen LogP contribution is -2.20. The molecule has 122 valence electrons. The quantitative estimate of drug-likeness (QED) is 0.769. The lowest BCUT2D eigenvalue weighted by molar-refractivity contribution is -0.118. The standard InChI is InChI=1S/C17H11ClF2N2O2/c18-10-1-3-12(4-2-10)24-9-16(23)22-15-5-6-21-17-13(15)7-11(19)8-14(17)20/h1-8H,9H2,(H,21,22,23). The minimum absolute atomic E-state index is 0.0205. The van der Waals surface area contributed by atoms with E-state index in [-0.39, 0.29) is 23.2 Å². The Morgan fingerprint density at radius 3 is 2.67 bits per heavy atom. The van der Waals surface area contributed by atoms with Crippen LogP contribution in [-0.4, -0.2) is 17.5 Å². The van der Waals surface area contributed by atoms with E-state index in [1.807, 2.05) is 0 Å². The number of halogens is 3. The first-order chi connectivity index (χ1) is 11.5. The van der Waals surface area contributed by atoms with Gasteiger partial charge in [0.15, 0.2) is 12.4 Å². The van der Waals surface area contributed by atoms with Crippen LogP contribution in [0.5, 0.6) is 5.75 Å². The van der Waals surface area contributed by atoms with E-state index < -0.39 is 17.5 Å².